The minimum atomic E-state index is -4.30. The van der Waals surface area contributed by atoms with Gasteiger partial charge in [0, 0.05) is 11.6 Å². The normalized spacial score (nSPS) is 20.5. The van der Waals surface area contributed by atoms with E-state index in [0.717, 1.165) is 12.8 Å². The minimum absolute atomic E-state index is 0.0575. The average Bonchev–Trinajstić information content (AvgIpc) is 2.61. The maximum atomic E-state index is 13.2. The highest BCUT2D eigenvalue weighted by molar-refractivity contribution is 5.95. The molecule has 1 fully saturated rings. The first kappa shape index (κ1) is 20.4. The van der Waals surface area contributed by atoms with E-state index in [1.807, 2.05) is 6.92 Å². The third-order valence-electron chi connectivity index (χ3n) is 4.68. The Morgan fingerprint density at radius 2 is 1.96 bits per heavy atom. The molecule has 146 valence electrons. The van der Waals surface area contributed by atoms with Gasteiger partial charge in [0.1, 0.15) is 0 Å². The van der Waals surface area contributed by atoms with E-state index >= 15 is 0 Å². The van der Waals surface area contributed by atoms with Gasteiger partial charge in [-0.25, -0.2) is 0 Å². The van der Waals surface area contributed by atoms with Crippen LogP contribution in [0.2, 0.25) is 0 Å². The Morgan fingerprint density at radius 3 is 2.62 bits per heavy atom. The van der Waals surface area contributed by atoms with E-state index in [-0.39, 0.29) is 12.0 Å². The van der Waals surface area contributed by atoms with Gasteiger partial charge in [-0.15, -0.1) is 0 Å². The molecule has 1 aliphatic rings. The molecule has 2 atom stereocenters. The second-order valence-corrected chi connectivity index (χ2v) is 6.58. The lowest BCUT2D eigenvalue weighted by Crippen LogP contribution is -2.47. The lowest BCUT2D eigenvalue weighted by atomic mass is 9.84. The molecule has 7 heteroatoms. The van der Waals surface area contributed by atoms with Crippen LogP contribution < -0.4 is 14.8 Å². The van der Waals surface area contributed by atoms with Gasteiger partial charge in [0.25, 0.3) is 5.91 Å². The molecule has 2 unspecified atom stereocenters. The molecule has 1 aromatic carbocycles. The second-order valence-electron chi connectivity index (χ2n) is 6.58. The number of amides is 1. The van der Waals surface area contributed by atoms with Crippen LogP contribution in [0.25, 0.3) is 0 Å². The summed E-state index contributed by atoms with van der Waals surface area (Å²) < 4.78 is 50.4. The zero-order chi connectivity index (χ0) is 19.2. The molecule has 0 spiro atoms. The van der Waals surface area contributed by atoms with Gasteiger partial charge in [-0.2, -0.15) is 13.2 Å². The number of benzene rings is 1. The van der Waals surface area contributed by atoms with Gasteiger partial charge >= 0.3 is 6.18 Å². The predicted octanol–water partition coefficient (Wildman–Crippen LogP) is 4.73. The number of alkyl halides is 3. The van der Waals surface area contributed by atoms with Crippen molar-refractivity contribution in [3.8, 4) is 11.5 Å². The van der Waals surface area contributed by atoms with E-state index in [1.54, 1.807) is 12.1 Å². The first-order chi connectivity index (χ1) is 12.4. The fourth-order valence-electron chi connectivity index (χ4n) is 3.20. The highest BCUT2D eigenvalue weighted by Crippen LogP contribution is 2.38. The lowest BCUT2D eigenvalue weighted by molar-refractivity contribution is -0.187. The molecular formula is C19H26F3NO3. The van der Waals surface area contributed by atoms with Crippen molar-refractivity contribution in [1.29, 1.82) is 0 Å². The van der Waals surface area contributed by atoms with Gasteiger partial charge in [-0.3, -0.25) is 4.79 Å². The molecule has 1 saturated carbocycles. The van der Waals surface area contributed by atoms with Gasteiger partial charge in [0.05, 0.1) is 19.6 Å². The van der Waals surface area contributed by atoms with E-state index in [0.29, 0.717) is 37.4 Å². The largest absolute Gasteiger partial charge is 0.493 e. The zero-order valence-electron chi connectivity index (χ0n) is 15.2. The molecule has 1 amide bonds. The number of nitrogens with one attached hydrogen (secondary N) is 1. The maximum Gasteiger partial charge on any atom is 0.393 e. The highest BCUT2D eigenvalue weighted by Gasteiger charge is 2.46. The fraction of sp³-hybridized carbons (Fsp3) is 0.632. The molecule has 26 heavy (non-hydrogen) atoms. The Bertz CT molecular complexity index is 604. The SMILES string of the molecule is CCCCOc1ccc(C(=O)NC2CCCCC2C(F)(F)F)cc1OC. The first-order valence-electron chi connectivity index (χ1n) is 9.05. The van der Waals surface area contributed by atoms with E-state index in [9.17, 15) is 18.0 Å². The molecule has 0 bridgehead atoms. The quantitative estimate of drug-likeness (QED) is 0.703. The van der Waals surface area contributed by atoms with Crippen LogP contribution in [0.1, 0.15) is 55.8 Å². The number of hydrogen-bond donors (Lipinski definition) is 1. The van der Waals surface area contributed by atoms with Crippen LogP contribution in [-0.4, -0.2) is 31.8 Å². The van der Waals surface area contributed by atoms with Crippen molar-refractivity contribution in [1.82, 2.24) is 5.32 Å². The fourth-order valence-corrected chi connectivity index (χ4v) is 3.20. The Balaban J connectivity index is 2.08. The third-order valence-corrected chi connectivity index (χ3v) is 4.68. The molecule has 2 rings (SSSR count). The van der Waals surface area contributed by atoms with E-state index < -0.39 is 24.0 Å². The zero-order valence-corrected chi connectivity index (χ0v) is 15.2. The van der Waals surface area contributed by atoms with Crippen molar-refractivity contribution in [2.45, 2.75) is 57.7 Å². The summed E-state index contributed by atoms with van der Waals surface area (Å²) in [6, 6.07) is 3.78. The number of rotatable bonds is 7. The summed E-state index contributed by atoms with van der Waals surface area (Å²) in [4.78, 5) is 12.5. The number of ether oxygens (including phenoxy) is 2. The molecule has 1 N–H and O–H groups in total. The van der Waals surface area contributed by atoms with Crippen LogP contribution in [0.15, 0.2) is 18.2 Å². The van der Waals surface area contributed by atoms with Gasteiger partial charge < -0.3 is 14.8 Å². The number of methoxy groups -OCH3 is 1. The highest BCUT2D eigenvalue weighted by atomic mass is 19.4. The molecule has 0 aliphatic heterocycles. The third kappa shape index (κ3) is 5.29. The van der Waals surface area contributed by atoms with Crippen molar-refractivity contribution >= 4 is 5.91 Å². The topological polar surface area (TPSA) is 47.6 Å². The molecule has 1 aromatic rings. The Labute approximate surface area is 152 Å². The Hall–Kier alpha value is -1.92. The summed E-state index contributed by atoms with van der Waals surface area (Å²) >= 11 is 0. The summed E-state index contributed by atoms with van der Waals surface area (Å²) in [5.41, 5.74) is 0.260. The van der Waals surface area contributed by atoms with Gasteiger partial charge in [0.2, 0.25) is 0 Å². The molecule has 4 nitrogen and oxygen atoms in total. The van der Waals surface area contributed by atoms with Gasteiger partial charge in [0.15, 0.2) is 11.5 Å². The van der Waals surface area contributed by atoms with Crippen LogP contribution in [0.5, 0.6) is 11.5 Å². The monoisotopic (exact) mass is 373 g/mol. The summed E-state index contributed by atoms with van der Waals surface area (Å²) in [6.07, 6.45) is -0.796. The van der Waals surface area contributed by atoms with Gasteiger partial charge in [-0.1, -0.05) is 26.2 Å². The first-order valence-corrected chi connectivity index (χ1v) is 9.05. The predicted molar refractivity (Wildman–Crippen MR) is 92.7 cm³/mol. The van der Waals surface area contributed by atoms with Crippen molar-refractivity contribution in [2.75, 3.05) is 13.7 Å². The standard InChI is InChI=1S/C19H26F3NO3/c1-3-4-11-26-16-10-9-13(12-17(16)25-2)18(24)23-15-8-6-5-7-14(15)19(20,21)22/h9-10,12,14-15H,3-8,11H2,1-2H3,(H,23,24). The number of hydrogen-bond acceptors (Lipinski definition) is 3. The summed E-state index contributed by atoms with van der Waals surface area (Å²) in [6.45, 7) is 2.58. The molecule has 0 saturated heterocycles. The van der Waals surface area contributed by atoms with Crippen molar-refractivity contribution in [3.63, 3.8) is 0 Å². The van der Waals surface area contributed by atoms with E-state index in [4.69, 9.17) is 9.47 Å². The van der Waals surface area contributed by atoms with Crippen molar-refractivity contribution < 1.29 is 27.4 Å². The summed E-state index contributed by atoms with van der Waals surface area (Å²) in [7, 11) is 1.46. The number of carbonyl (C=O) groups excluding carboxylic acids is 1. The molecule has 0 heterocycles. The van der Waals surface area contributed by atoms with Crippen LogP contribution >= 0.6 is 0 Å². The summed E-state index contributed by atoms with van der Waals surface area (Å²) in [5.74, 6) is -1.10. The maximum absolute atomic E-state index is 13.2. The van der Waals surface area contributed by atoms with E-state index in [1.165, 1.54) is 13.2 Å². The van der Waals surface area contributed by atoms with Gasteiger partial charge in [-0.05, 0) is 37.5 Å². The number of carbonyl (C=O) groups is 1. The Kier molecular flexibility index (Phi) is 7.17. The Morgan fingerprint density at radius 1 is 1.23 bits per heavy atom. The second kappa shape index (κ2) is 9.14. The molecule has 0 aromatic heterocycles. The molecule has 1 aliphatic carbocycles. The minimum Gasteiger partial charge on any atom is -0.493 e. The molecule has 0 radical (unpaired) electrons. The lowest BCUT2D eigenvalue weighted by Gasteiger charge is -2.33. The van der Waals surface area contributed by atoms with Crippen LogP contribution in [-0.2, 0) is 0 Å². The van der Waals surface area contributed by atoms with E-state index in [2.05, 4.69) is 5.32 Å². The smallest absolute Gasteiger partial charge is 0.393 e. The van der Waals surface area contributed by atoms with Crippen molar-refractivity contribution in [2.24, 2.45) is 5.92 Å². The van der Waals surface area contributed by atoms with Crippen molar-refractivity contribution in [3.05, 3.63) is 23.8 Å². The van der Waals surface area contributed by atoms with Crippen LogP contribution in [0.4, 0.5) is 13.2 Å². The number of unbranched alkanes of at least 4 members (excludes halogenated alkanes) is 1. The van der Waals surface area contributed by atoms with Crippen LogP contribution in [0.3, 0.4) is 0 Å². The average molecular weight is 373 g/mol. The number of halogens is 3. The summed E-state index contributed by atoms with van der Waals surface area (Å²) in [5, 5.41) is 2.56. The van der Waals surface area contributed by atoms with Crippen LogP contribution in [0, 0.1) is 5.92 Å². The molecular weight excluding hydrogens is 347 g/mol.